The van der Waals surface area contributed by atoms with E-state index in [2.05, 4.69) is 0 Å². The van der Waals surface area contributed by atoms with E-state index in [1.165, 1.54) is 18.2 Å². The van der Waals surface area contributed by atoms with E-state index < -0.39 is 18.0 Å². The summed E-state index contributed by atoms with van der Waals surface area (Å²) in [6, 6.07) is 4.20. The van der Waals surface area contributed by atoms with Gasteiger partial charge < -0.3 is 14.6 Å². The minimum atomic E-state index is -2.04. The molecule has 18 heavy (non-hydrogen) atoms. The average Bonchev–Trinajstić information content (AvgIpc) is 2.33. The Labute approximate surface area is 114 Å². The maximum absolute atomic E-state index is 11.7. The van der Waals surface area contributed by atoms with Gasteiger partial charge in [-0.3, -0.25) is 0 Å². The van der Waals surface area contributed by atoms with Crippen molar-refractivity contribution in [3.63, 3.8) is 0 Å². The van der Waals surface area contributed by atoms with Crippen molar-refractivity contribution < 1.29 is 19.4 Å². The molecule has 1 unspecified atom stereocenters. The van der Waals surface area contributed by atoms with Crippen molar-refractivity contribution in [2.75, 3.05) is 6.61 Å². The van der Waals surface area contributed by atoms with Crippen LogP contribution in [0.2, 0.25) is 10.0 Å². The molecule has 1 aromatic carbocycles. The third-order valence-corrected chi connectivity index (χ3v) is 3.13. The van der Waals surface area contributed by atoms with Crippen molar-refractivity contribution in [3.05, 3.63) is 33.8 Å². The minimum Gasteiger partial charge on any atom is -0.464 e. The zero-order valence-electron chi connectivity index (χ0n) is 9.65. The summed E-state index contributed by atoms with van der Waals surface area (Å²) in [5, 5.41) is 10.8. The molecule has 0 heterocycles. The number of aliphatic hydroxyl groups is 1. The van der Waals surface area contributed by atoms with Crippen molar-refractivity contribution in [2.45, 2.75) is 18.9 Å². The van der Waals surface area contributed by atoms with Crippen LogP contribution in [-0.2, 0) is 19.9 Å². The van der Waals surface area contributed by atoms with Crippen molar-refractivity contribution in [1.82, 2.24) is 0 Å². The van der Waals surface area contributed by atoms with Gasteiger partial charge in [0.1, 0.15) is 6.29 Å². The Hall–Kier alpha value is -1.10. The molecule has 0 aliphatic rings. The maximum atomic E-state index is 11.7. The third-order valence-electron chi connectivity index (χ3n) is 2.39. The van der Waals surface area contributed by atoms with Gasteiger partial charge in [0.25, 0.3) is 0 Å². The molecule has 1 N–H and O–H groups in total. The maximum Gasteiger partial charge on any atom is 0.343 e. The number of carbonyl (C=O) groups is 2. The van der Waals surface area contributed by atoms with Gasteiger partial charge in [-0.15, -0.1) is 0 Å². The van der Waals surface area contributed by atoms with E-state index in [0.717, 1.165) is 0 Å². The van der Waals surface area contributed by atoms with Gasteiger partial charge >= 0.3 is 5.97 Å². The largest absolute Gasteiger partial charge is 0.464 e. The molecule has 1 rings (SSSR count). The molecular formula is C12H12Cl2O4. The fourth-order valence-corrected chi connectivity index (χ4v) is 1.74. The highest BCUT2D eigenvalue weighted by molar-refractivity contribution is 6.42. The normalized spacial score (nSPS) is 13.8. The summed E-state index contributed by atoms with van der Waals surface area (Å²) in [7, 11) is 0. The van der Waals surface area contributed by atoms with Crippen LogP contribution in [0, 0.1) is 0 Å². The first-order valence-corrected chi connectivity index (χ1v) is 6.00. The molecule has 1 aromatic rings. The molecule has 6 heteroatoms. The average molecular weight is 291 g/mol. The molecule has 98 valence electrons. The van der Waals surface area contributed by atoms with Gasteiger partial charge in [0.05, 0.1) is 16.7 Å². The topological polar surface area (TPSA) is 63.6 Å². The van der Waals surface area contributed by atoms with E-state index in [-0.39, 0.29) is 22.2 Å². The van der Waals surface area contributed by atoms with Crippen LogP contribution in [0.5, 0.6) is 0 Å². The summed E-state index contributed by atoms with van der Waals surface area (Å²) in [6.07, 6.45) is 0.0310. The Balaban J connectivity index is 3.21. The second-order valence-corrected chi connectivity index (χ2v) is 4.39. The standard InChI is InChI=1S/C12H12Cl2O4/c1-2-18-11(16)12(17,5-6-15)8-3-4-9(13)10(14)7-8/h3-4,6-7,17H,2,5H2,1H3. The Kier molecular flexibility index (Phi) is 5.14. The molecule has 0 aliphatic carbocycles. The number of esters is 1. The van der Waals surface area contributed by atoms with Gasteiger partial charge in [0.2, 0.25) is 0 Å². The van der Waals surface area contributed by atoms with Crippen molar-refractivity contribution in [3.8, 4) is 0 Å². The Morgan fingerprint density at radius 2 is 2.11 bits per heavy atom. The highest BCUT2D eigenvalue weighted by Gasteiger charge is 2.39. The minimum absolute atomic E-state index is 0.0985. The fourth-order valence-electron chi connectivity index (χ4n) is 1.44. The van der Waals surface area contributed by atoms with Crippen LogP contribution in [0.25, 0.3) is 0 Å². The van der Waals surface area contributed by atoms with E-state index in [1.807, 2.05) is 0 Å². The lowest BCUT2D eigenvalue weighted by molar-refractivity contribution is -0.167. The Morgan fingerprint density at radius 1 is 1.44 bits per heavy atom. The lowest BCUT2D eigenvalue weighted by Crippen LogP contribution is -2.37. The third kappa shape index (κ3) is 3.02. The van der Waals surface area contributed by atoms with E-state index in [1.54, 1.807) is 6.92 Å². The summed E-state index contributed by atoms with van der Waals surface area (Å²) in [6.45, 7) is 1.70. The van der Waals surface area contributed by atoms with Gasteiger partial charge in [-0.1, -0.05) is 29.3 Å². The van der Waals surface area contributed by atoms with Crippen LogP contribution < -0.4 is 0 Å². The van der Waals surface area contributed by atoms with E-state index >= 15 is 0 Å². The van der Waals surface area contributed by atoms with Crippen LogP contribution in [0.3, 0.4) is 0 Å². The summed E-state index contributed by atoms with van der Waals surface area (Å²) in [4.78, 5) is 22.4. The molecule has 0 aromatic heterocycles. The Bertz CT molecular complexity index is 461. The summed E-state index contributed by atoms with van der Waals surface area (Å²) in [5.74, 6) is -0.893. The van der Waals surface area contributed by atoms with Crippen LogP contribution in [0.1, 0.15) is 18.9 Å². The number of hydrogen-bond donors (Lipinski definition) is 1. The number of carbonyl (C=O) groups excluding carboxylic acids is 2. The van der Waals surface area contributed by atoms with Gasteiger partial charge in [-0.2, -0.15) is 0 Å². The highest BCUT2D eigenvalue weighted by atomic mass is 35.5. The zero-order valence-corrected chi connectivity index (χ0v) is 11.2. The number of ether oxygens (including phenoxy) is 1. The van der Waals surface area contributed by atoms with Crippen LogP contribution in [0.15, 0.2) is 18.2 Å². The van der Waals surface area contributed by atoms with Crippen molar-refractivity contribution in [1.29, 1.82) is 0 Å². The second kappa shape index (κ2) is 6.18. The predicted octanol–water partition coefficient (Wildman–Crippen LogP) is 2.33. The van der Waals surface area contributed by atoms with Crippen LogP contribution in [-0.4, -0.2) is 24.0 Å². The number of hydrogen-bond acceptors (Lipinski definition) is 4. The summed E-state index contributed by atoms with van der Waals surface area (Å²) in [5.41, 5.74) is -1.87. The summed E-state index contributed by atoms with van der Waals surface area (Å²) < 4.78 is 4.76. The van der Waals surface area contributed by atoms with Gasteiger partial charge in [-0.25, -0.2) is 4.79 Å². The number of rotatable bonds is 5. The van der Waals surface area contributed by atoms with Crippen LogP contribution in [0.4, 0.5) is 0 Å². The first-order valence-electron chi connectivity index (χ1n) is 5.24. The van der Waals surface area contributed by atoms with E-state index in [0.29, 0.717) is 6.29 Å². The molecule has 0 aliphatic heterocycles. The van der Waals surface area contributed by atoms with E-state index in [4.69, 9.17) is 27.9 Å². The SMILES string of the molecule is CCOC(=O)C(O)(CC=O)c1ccc(Cl)c(Cl)c1. The molecule has 0 bridgehead atoms. The van der Waals surface area contributed by atoms with Gasteiger partial charge in [-0.05, 0) is 24.6 Å². The monoisotopic (exact) mass is 290 g/mol. The lowest BCUT2D eigenvalue weighted by Gasteiger charge is -2.24. The number of benzene rings is 1. The molecule has 0 fully saturated rings. The van der Waals surface area contributed by atoms with Crippen molar-refractivity contribution in [2.24, 2.45) is 0 Å². The van der Waals surface area contributed by atoms with Crippen LogP contribution >= 0.6 is 23.2 Å². The zero-order chi connectivity index (χ0) is 13.8. The van der Waals surface area contributed by atoms with Gasteiger partial charge in [0.15, 0.2) is 5.60 Å². The lowest BCUT2D eigenvalue weighted by atomic mass is 9.91. The molecule has 0 saturated carbocycles. The highest BCUT2D eigenvalue weighted by Crippen LogP contribution is 2.31. The molecule has 0 spiro atoms. The number of aldehydes is 1. The molecular weight excluding hydrogens is 279 g/mol. The van der Waals surface area contributed by atoms with E-state index in [9.17, 15) is 14.7 Å². The molecule has 0 radical (unpaired) electrons. The van der Waals surface area contributed by atoms with Crippen molar-refractivity contribution >= 4 is 35.5 Å². The quantitative estimate of drug-likeness (QED) is 0.668. The molecule has 0 saturated heterocycles. The fraction of sp³-hybridized carbons (Fsp3) is 0.333. The first kappa shape index (κ1) is 15.0. The van der Waals surface area contributed by atoms with Gasteiger partial charge in [0, 0.05) is 6.42 Å². The predicted molar refractivity (Wildman–Crippen MR) is 67.7 cm³/mol. The molecule has 1 atom stereocenters. The smallest absolute Gasteiger partial charge is 0.343 e. The summed E-state index contributed by atoms with van der Waals surface area (Å²) >= 11 is 11.6. The molecule has 4 nitrogen and oxygen atoms in total. The molecule has 0 amide bonds. The number of halogens is 2. The second-order valence-electron chi connectivity index (χ2n) is 3.58. The Morgan fingerprint density at radius 3 is 2.61 bits per heavy atom. The first-order chi connectivity index (χ1) is 8.45.